The summed E-state index contributed by atoms with van der Waals surface area (Å²) < 4.78 is 5.87. The smallest absolute Gasteiger partial charge is 0.261 e. The standard InChI is InChI=1S/C20H23Cl2N5O2S/c1-4-24-18(28)16-9-12-17(25-20(23)26-19(12)30-16)11-8-15(14(22)10-13(11)21)29-7-5-6-27(2)3/h8-10H,4-7H2,1-3H3,(H,24,28)(H2,23,25,26). The second-order valence-electron chi connectivity index (χ2n) is 6.89. The first kappa shape index (κ1) is 22.6. The van der Waals surface area contributed by atoms with Crippen LogP contribution in [0.15, 0.2) is 18.2 Å². The minimum absolute atomic E-state index is 0.0984. The Kier molecular flexibility index (Phi) is 7.36. The second kappa shape index (κ2) is 9.78. The monoisotopic (exact) mass is 467 g/mol. The number of aromatic nitrogens is 2. The van der Waals surface area contributed by atoms with Crippen molar-refractivity contribution in [1.29, 1.82) is 0 Å². The molecule has 0 saturated carbocycles. The predicted octanol–water partition coefficient (Wildman–Crippen LogP) is 4.33. The van der Waals surface area contributed by atoms with Gasteiger partial charge in [-0.05, 0) is 45.6 Å². The van der Waals surface area contributed by atoms with Gasteiger partial charge in [-0.2, -0.15) is 0 Å². The average Bonchev–Trinajstić information content (AvgIpc) is 3.10. The Morgan fingerprint density at radius 2 is 2.00 bits per heavy atom. The lowest BCUT2D eigenvalue weighted by atomic mass is 10.1. The molecule has 0 bridgehead atoms. The Morgan fingerprint density at radius 1 is 1.23 bits per heavy atom. The molecule has 0 unspecified atom stereocenters. The van der Waals surface area contributed by atoms with E-state index in [1.807, 2.05) is 21.0 Å². The van der Waals surface area contributed by atoms with Crippen molar-refractivity contribution in [3.63, 3.8) is 0 Å². The molecule has 3 N–H and O–H groups in total. The van der Waals surface area contributed by atoms with Crippen LogP contribution < -0.4 is 15.8 Å². The summed E-state index contributed by atoms with van der Waals surface area (Å²) in [5.41, 5.74) is 7.07. The van der Waals surface area contributed by atoms with Crippen LogP contribution in [0, 0.1) is 0 Å². The Hall–Kier alpha value is -2.13. The van der Waals surface area contributed by atoms with Crippen molar-refractivity contribution in [3.05, 3.63) is 33.1 Å². The number of nitrogen functional groups attached to an aromatic ring is 1. The molecule has 0 atom stereocenters. The molecule has 0 aliphatic carbocycles. The molecule has 7 nitrogen and oxygen atoms in total. The van der Waals surface area contributed by atoms with Gasteiger partial charge in [0, 0.05) is 24.0 Å². The van der Waals surface area contributed by atoms with E-state index in [1.54, 1.807) is 18.2 Å². The largest absolute Gasteiger partial charge is 0.492 e. The van der Waals surface area contributed by atoms with Gasteiger partial charge >= 0.3 is 0 Å². The van der Waals surface area contributed by atoms with Crippen molar-refractivity contribution in [2.24, 2.45) is 0 Å². The first-order valence-electron chi connectivity index (χ1n) is 9.42. The number of ether oxygens (including phenoxy) is 1. The number of carbonyl (C=O) groups excluding carboxylic acids is 1. The number of halogens is 2. The van der Waals surface area contributed by atoms with E-state index in [-0.39, 0.29) is 11.9 Å². The van der Waals surface area contributed by atoms with Gasteiger partial charge in [-0.15, -0.1) is 11.3 Å². The van der Waals surface area contributed by atoms with E-state index in [4.69, 9.17) is 33.7 Å². The number of nitrogens with two attached hydrogens (primary N) is 1. The molecular formula is C20H23Cl2N5O2S. The molecule has 0 aliphatic heterocycles. The molecule has 10 heteroatoms. The number of benzene rings is 1. The lowest BCUT2D eigenvalue weighted by Crippen LogP contribution is -2.21. The van der Waals surface area contributed by atoms with Crippen LogP contribution in [0.25, 0.3) is 21.5 Å². The molecule has 0 saturated heterocycles. The quantitative estimate of drug-likeness (QED) is 0.478. The number of nitrogens with one attached hydrogen (secondary N) is 1. The molecule has 0 spiro atoms. The van der Waals surface area contributed by atoms with Crippen molar-refractivity contribution >= 4 is 56.6 Å². The normalized spacial score (nSPS) is 11.3. The zero-order chi connectivity index (χ0) is 21.8. The third kappa shape index (κ3) is 5.13. The number of rotatable bonds is 8. The molecule has 1 amide bonds. The lowest BCUT2D eigenvalue weighted by Gasteiger charge is -2.13. The summed E-state index contributed by atoms with van der Waals surface area (Å²) in [6, 6.07) is 5.13. The van der Waals surface area contributed by atoms with Gasteiger partial charge in [0.25, 0.3) is 5.91 Å². The van der Waals surface area contributed by atoms with Gasteiger partial charge in [-0.1, -0.05) is 23.2 Å². The number of carbonyl (C=O) groups is 1. The van der Waals surface area contributed by atoms with Gasteiger partial charge in [0.2, 0.25) is 5.95 Å². The maximum atomic E-state index is 12.3. The summed E-state index contributed by atoms with van der Waals surface area (Å²) in [5, 5.41) is 4.30. The molecule has 3 rings (SSSR count). The van der Waals surface area contributed by atoms with Crippen molar-refractivity contribution in [2.45, 2.75) is 13.3 Å². The molecule has 0 fully saturated rings. The number of fused-ring (bicyclic) bond motifs is 1. The van der Waals surface area contributed by atoms with E-state index < -0.39 is 0 Å². The first-order valence-corrected chi connectivity index (χ1v) is 11.0. The number of amides is 1. The van der Waals surface area contributed by atoms with E-state index in [1.165, 1.54) is 11.3 Å². The van der Waals surface area contributed by atoms with E-state index in [0.717, 1.165) is 13.0 Å². The lowest BCUT2D eigenvalue weighted by molar-refractivity contribution is 0.0960. The summed E-state index contributed by atoms with van der Waals surface area (Å²) in [6.45, 7) is 3.81. The molecule has 3 aromatic rings. The number of thiophene rings is 1. The van der Waals surface area contributed by atoms with E-state index in [9.17, 15) is 4.79 Å². The van der Waals surface area contributed by atoms with Crippen molar-refractivity contribution in [1.82, 2.24) is 20.2 Å². The van der Waals surface area contributed by atoms with Crippen LogP contribution in [0.1, 0.15) is 23.0 Å². The van der Waals surface area contributed by atoms with Crippen LogP contribution in [-0.2, 0) is 0 Å². The summed E-state index contributed by atoms with van der Waals surface area (Å²) in [7, 11) is 4.02. The Labute approximate surface area is 189 Å². The second-order valence-corrected chi connectivity index (χ2v) is 8.73. The average molecular weight is 468 g/mol. The molecule has 2 heterocycles. The third-order valence-corrected chi connectivity index (χ3v) is 5.89. The molecule has 160 valence electrons. The van der Waals surface area contributed by atoms with Gasteiger partial charge in [0.05, 0.1) is 27.2 Å². The van der Waals surface area contributed by atoms with Crippen LogP contribution >= 0.6 is 34.5 Å². The topological polar surface area (TPSA) is 93.4 Å². The zero-order valence-electron chi connectivity index (χ0n) is 17.0. The minimum atomic E-state index is -0.169. The van der Waals surface area contributed by atoms with Crippen molar-refractivity contribution < 1.29 is 9.53 Å². The van der Waals surface area contributed by atoms with Crippen molar-refractivity contribution in [2.75, 3.05) is 39.5 Å². The highest BCUT2D eigenvalue weighted by Gasteiger charge is 2.19. The van der Waals surface area contributed by atoms with Crippen LogP contribution in [0.2, 0.25) is 10.0 Å². The SMILES string of the molecule is CCNC(=O)c1cc2c(-c3cc(OCCCN(C)C)c(Cl)cc3Cl)nc(N)nc2s1. The van der Waals surface area contributed by atoms with Crippen LogP contribution in [-0.4, -0.2) is 54.6 Å². The highest BCUT2D eigenvalue weighted by molar-refractivity contribution is 7.20. The van der Waals surface area contributed by atoms with Gasteiger partial charge in [-0.3, -0.25) is 4.79 Å². The maximum absolute atomic E-state index is 12.3. The molecule has 1 aromatic carbocycles. The predicted molar refractivity (Wildman–Crippen MR) is 124 cm³/mol. The fourth-order valence-electron chi connectivity index (χ4n) is 2.89. The summed E-state index contributed by atoms with van der Waals surface area (Å²) >= 11 is 14.1. The van der Waals surface area contributed by atoms with Gasteiger partial charge in [0.1, 0.15) is 10.6 Å². The maximum Gasteiger partial charge on any atom is 0.261 e. The van der Waals surface area contributed by atoms with E-state index >= 15 is 0 Å². The zero-order valence-corrected chi connectivity index (χ0v) is 19.3. The van der Waals surface area contributed by atoms with E-state index in [2.05, 4.69) is 20.2 Å². The highest BCUT2D eigenvalue weighted by Crippen LogP contribution is 2.40. The van der Waals surface area contributed by atoms with Crippen LogP contribution in [0.4, 0.5) is 5.95 Å². The minimum Gasteiger partial charge on any atom is -0.492 e. The molecule has 30 heavy (non-hydrogen) atoms. The highest BCUT2D eigenvalue weighted by atomic mass is 35.5. The molecular weight excluding hydrogens is 445 g/mol. The van der Waals surface area contributed by atoms with Crippen LogP contribution in [0.5, 0.6) is 5.75 Å². The molecule has 0 radical (unpaired) electrons. The number of hydrogen-bond acceptors (Lipinski definition) is 7. The van der Waals surface area contributed by atoms with Crippen LogP contribution in [0.3, 0.4) is 0 Å². The third-order valence-electron chi connectivity index (χ3n) is 4.26. The van der Waals surface area contributed by atoms with E-state index in [0.29, 0.717) is 55.3 Å². The fraction of sp³-hybridized carbons (Fsp3) is 0.350. The Morgan fingerprint density at radius 3 is 2.70 bits per heavy atom. The molecule has 0 aliphatic rings. The fourth-order valence-corrected chi connectivity index (χ4v) is 4.37. The Balaban J connectivity index is 2.01. The summed E-state index contributed by atoms with van der Waals surface area (Å²) in [6.07, 6.45) is 0.854. The molecule has 2 aromatic heterocycles. The summed E-state index contributed by atoms with van der Waals surface area (Å²) in [4.78, 5) is 24.1. The number of hydrogen-bond donors (Lipinski definition) is 2. The van der Waals surface area contributed by atoms with Gasteiger partial charge < -0.3 is 20.7 Å². The number of anilines is 1. The van der Waals surface area contributed by atoms with Gasteiger partial charge in [-0.25, -0.2) is 9.97 Å². The van der Waals surface area contributed by atoms with Crippen molar-refractivity contribution in [3.8, 4) is 17.0 Å². The van der Waals surface area contributed by atoms with Gasteiger partial charge in [0.15, 0.2) is 0 Å². The first-order chi connectivity index (χ1) is 14.3. The summed E-state index contributed by atoms with van der Waals surface area (Å²) in [5.74, 6) is 0.442. The number of nitrogens with zero attached hydrogens (tertiary/aromatic N) is 3. The Bertz CT molecular complexity index is 1070.